The fourth-order valence-corrected chi connectivity index (χ4v) is 1.29. The highest BCUT2D eigenvalue weighted by Gasteiger charge is 2.01. The Morgan fingerprint density at radius 3 is 2.69 bits per heavy atom. The summed E-state index contributed by atoms with van der Waals surface area (Å²) in [7, 11) is 0. The van der Waals surface area contributed by atoms with Gasteiger partial charge in [0.25, 0.3) is 0 Å². The van der Waals surface area contributed by atoms with E-state index < -0.39 is 0 Å². The Bertz CT molecular complexity index is 322. The molecular weight excluding hydrogens is 204 g/mol. The van der Waals surface area contributed by atoms with Crippen molar-refractivity contribution in [2.24, 2.45) is 0 Å². The average Bonchev–Trinajstić information content (AvgIpc) is 2.28. The average molecular weight is 222 g/mol. The van der Waals surface area contributed by atoms with Crippen LogP contribution in [0.4, 0.5) is 5.69 Å². The number of carbonyl (C=O) groups excluding carboxylic acids is 1. The summed E-state index contributed by atoms with van der Waals surface area (Å²) in [5.74, 6) is 0.00414. The minimum Gasteiger partial charge on any atom is -0.399 e. The number of amides is 1. The number of hydrogen-bond donors (Lipinski definition) is 2. The summed E-state index contributed by atoms with van der Waals surface area (Å²) >= 11 is 0. The Labute approximate surface area is 95.8 Å². The Balaban J connectivity index is 2.26. The Morgan fingerprint density at radius 2 is 2.06 bits per heavy atom. The lowest BCUT2D eigenvalue weighted by molar-refractivity contribution is -0.120. The highest BCUT2D eigenvalue weighted by Crippen LogP contribution is 2.05. The molecule has 1 aromatic rings. The first-order valence-corrected chi connectivity index (χ1v) is 5.41. The van der Waals surface area contributed by atoms with Gasteiger partial charge in [-0.1, -0.05) is 12.1 Å². The number of nitrogen functional groups attached to an aromatic ring is 1. The molecule has 0 unspecified atom stereocenters. The van der Waals surface area contributed by atoms with Gasteiger partial charge in [-0.2, -0.15) is 0 Å². The first-order valence-electron chi connectivity index (χ1n) is 5.41. The van der Waals surface area contributed by atoms with Crippen molar-refractivity contribution in [2.75, 3.05) is 25.5 Å². The SMILES string of the molecule is CCOCCNC(=O)Cc1ccc(N)cc1. The third kappa shape index (κ3) is 4.79. The molecule has 0 aliphatic rings. The molecule has 0 aromatic heterocycles. The van der Waals surface area contributed by atoms with Crippen LogP contribution in [0.25, 0.3) is 0 Å². The molecule has 1 rings (SSSR count). The summed E-state index contributed by atoms with van der Waals surface area (Å²) in [6, 6.07) is 7.31. The zero-order chi connectivity index (χ0) is 11.8. The number of rotatable bonds is 6. The molecule has 0 spiro atoms. The number of ether oxygens (including phenoxy) is 1. The first kappa shape index (κ1) is 12.5. The largest absolute Gasteiger partial charge is 0.399 e. The fourth-order valence-electron chi connectivity index (χ4n) is 1.29. The van der Waals surface area contributed by atoms with Crippen molar-refractivity contribution in [1.29, 1.82) is 0 Å². The maximum absolute atomic E-state index is 11.5. The van der Waals surface area contributed by atoms with Crippen molar-refractivity contribution in [3.63, 3.8) is 0 Å². The van der Waals surface area contributed by atoms with Crippen LogP contribution in [-0.2, 0) is 16.0 Å². The van der Waals surface area contributed by atoms with Crippen molar-refractivity contribution in [3.05, 3.63) is 29.8 Å². The number of hydrogen-bond acceptors (Lipinski definition) is 3. The zero-order valence-electron chi connectivity index (χ0n) is 9.53. The van der Waals surface area contributed by atoms with E-state index in [0.29, 0.717) is 31.9 Å². The summed E-state index contributed by atoms with van der Waals surface area (Å²) in [4.78, 5) is 11.5. The molecule has 0 aliphatic heterocycles. The van der Waals surface area contributed by atoms with E-state index in [-0.39, 0.29) is 5.91 Å². The molecule has 0 aliphatic carbocycles. The molecule has 16 heavy (non-hydrogen) atoms. The van der Waals surface area contributed by atoms with E-state index in [2.05, 4.69) is 5.32 Å². The molecule has 0 radical (unpaired) electrons. The summed E-state index contributed by atoms with van der Waals surface area (Å²) in [5.41, 5.74) is 7.22. The summed E-state index contributed by atoms with van der Waals surface area (Å²) in [6.45, 7) is 3.72. The van der Waals surface area contributed by atoms with Crippen molar-refractivity contribution in [3.8, 4) is 0 Å². The first-order chi connectivity index (χ1) is 7.72. The van der Waals surface area contributed by atoms with Crippen LogP contribution >= 0.6 is 0 Å². The molecular formula is C12H18N2O2. The highest BCUT2D eigenvalue weighted by atomic mass is 16.5. The van der Waals surface area contributed by atoms with Gasteiger partial charge >= 0.3 is 0 Å². The summed E-state index contributed by atoms with van der Waals surface area (Å²) < 4.78 is 5.12. The Kier molecular flexibility index (Phi) is 5.36. The Hall–Kier alpha value is -1.55. The molecule has 0 saturated heterocycles. The van der Waals surface area contributed by atoms with Crippen molar-refractivity contribution >= 4 is 11.6 Å². The predicted octanol–water partition coefficient (Wildman–Crippen LogP) is 0.964. The van der Waals surface area contributed by atoms with Gasteiger partial charge in [0.1, 0.15) is 0 Å². The predicted molar refractivity (Wildman–Crippen MR) is 64.1 cm³/mol. The standard InChI is InChI=1S/C12H18N2O2/c1-2-16-8-7-14-12(15)9-10-3-5-11(13)6-4-10/h3-6H,2,7-9,13H2,1H3,(H,14,15). The molecule has 88 valence electrons. The van der Waals surface area contributed by atoms with Gasteiger partial charge in [0.05, 0.1) is 13.0 Å². The van der Waals surface area contributed by atoms with Gasteiger partial charge in [-0.3, -0.25) is 4.79 Å². The smallest absolute Gasteiger partial charge is 0.224 e. The lowest BCUT2D eigenvalue weighted by Crippen LogP contribution is -2.28. The second-order valence-electron chi connectivity index (χ2n) is 3.47. The van der Waals surface area contributed by atoms with Crippen LogP contribution in [0.1, 0.15) is 12.5 Å². The third-order valence-corrected chi connectivity index (χ3v) is 2.12. The molecule has 0 bridgehead atoms. The zero-order valence-corrected chi connectivity index (χ0v) is 9.53. The van der Waals surface area contributed by atoms with E-state index in [1.165, 1.54) is 0 Å². The third-order valence-electron chi connectivity index (χ3n) is 2.12. The van der Waals surface area contributed by atoms with E-state index in [1.807, 2.05) is 19.1 Å². The lowest BCUT2D eigenvalue weighted by Gasteiger charge is -2.05. The van der Waals surface area contributed by atoms with Crippen LogP contribution in [-0.4, -0.2) is 25.7 Å². The maximum atomic E-state index is 11.5. The van der Waals surface area contributed by atoms with Crippen molar-refractivity contribution in [2.45, 2.75) is 13.3 Å². The quantitative estimate of drug-likeness (QED) is 0.556. The molecule has 1 amide bonds. The van der Waals surface area contributed by atoms with Gasteiger partial charge in [-0.25, -0.2) is 0 Å². The molecule has 0 heterocycles. The molecule has 1 aromatic carbocycles. The fraction of sp³-hybridized carbons (Fsp3) is 0.417. The van der Waals surface area contributed by atoms with E-state index in [1.54, 1.807) is 12.1 Å². The second-order valence-corrected chi connectivity index (χ2v) is 3.47. The van der Waals surface area contributed by atoms with Gasteiger partial charge in [0.2, 0.25) is 5.91 Å². The minimum absolute atomic E-state index is 0.00414. The van der Waals surface area contributed by atoms with E-state index in [4.69, 9.17) is 10.5 Å². The van der Waals surface area contributed by atoms with Crippen LogP contribution in [0.2, 0.25) is 0 Å². The molecule has 0 atom stereocenters. The highest BCUT2D eigenvalue weighted by molar-refractivity contribution is 5.78. The minimum atomic E-state index is 0.00414. The Morgan fingerprint density at radius 1 is 1.38 bits per heavy atom. The number of nitrogens with one attached hydrogen (secondary N) is 1. The van der Waals surface area contributed by atoms with Crippen molar-refractivity contribution in [1.82, 2.24) is 5.32 Å². The number of benzene rings is 1. The second kappa shape index (κ2) is 6.85. The summed E-state index contributed by atoms with van der Waals surface area (Å²) in [5, 5.41) is 2.79. The van der Waals surface area contributed by atoms with E-state index in [0.717, 1.165) is 5.56 Å². The number of carbonyl (C=O) groups is 1. The lowest BCUT2D eigenvalue weighted by atomic mass is 10.1. The maximum Gasteiger partial charge on any atom is 0.224 e. The molecule has 3 N–H and O–H groups in total. The van der Waals surface area contributed by atoms with Gasteiger partial charge in [-0.05, 0) is 24.6 Å². The number of anilines is 1. The molecule has 0 saturated carbocycles. The van der Waals surface area contributed by atoms with Crippen LogP contribution < -0.4 is 11.1 Å². The monoisotopic (exact) mass is 222 g/mol. The van der Waals surface area contributed by atoms with Gasteiger partial charge in [-0.15, -0.1) is 0 Å². The summed E-state index contributed by atoms with van der Waals surface area (Å²) in [6.07, 6.45) is 0.381. The van der Waals surface area contributed by atoms with E-state index >= 15 is 0 Å². The van der Waals surface area contributed by atoms with E-state index in [9.17, 15) is 4.79 Å². The van der Waals surface area contributed by atoms with Crippen LogP contribution in [0.3, 0.4) is 0 Å². The number of nitrogens with two attached hydrogens (primary N) is 1. The van der Waals surface area contributed by atoms with Crippen LogP contribution in [0, 0.1) is 0 Å². The van der Waals surface area contributed by atoms with Crippen molar-refractivity contribution < 1.29 is 9.53 Å². The molecule has 4 heteroatoms. The molecule has 0 fully saturated rings. The van der Waals surface area contributed by atoms with Gasteiger partial charge in [0, 0.05) is 18.8 Å². The van der Waals surface area contributed by atoms with Crippen LogP contribution in [0.5, 0.6) is 0 Å². The van der Waals surface area contributed by atoms with Gasteiger partial charge in [0.15, 0.2) is 0 Å². The topological polar surface area (TPSA) is 64.3 Å². The van der Waals surface area contributed by atoms with Crippen LogP contribution in [0.15, 0.2) is 24.3 Å². The van der Waals surface area contributed by atoms with Gasteiger partial charge < -0.3 is 15.8 Å². The normalized spacial score (nSPS) is 10.1. The molecule has 4 nitrogen and oxygen atoms in total.